The number of nitrogens with one attached hydrogen (secondary N) is 1. The zero-order valence-electron chi connectivity index (χ0n) is 17.2. The molecule has 0 radical (unpaired) electrons. The molecule has 7 nitrogen and oxygen atoms in total. The van der Waals surface area contributed by atoms with Crippen LogP contribution >= 0.6 is 0 Å². The number of amides is 1. The van der Waals surface area contributed by atoms with Crippen molar-refractivity contribution in [1.82, 2.24) is 9.97 Å². The molecular formula is C25H21N5O2. The summed E-state index contributed by atoms with van der Waals surface area (Å²) in [4.78, 5) is 20.4. The molecule has 0 atom stereocenters. The average Bonchev–Trinajstić information content (AvgIpc) is 2.83. The van der Waals surface area contributed by atoms with Gasteiger partial charge in [-0.3, -0.25) is 9.78 Å². The number of ether oxygens (including phenoxy) is 1. The predicted octanol–water partition coefficient (Wildman–Crippen LogP) is 3.78. The highest BCUT2D eigenvalue weighted by Gasteiger charge is 2.11. The number of primary amides is 1. The Morgan fingerprint density at radius 1 is 0.969 bits per heavy atom. The van der Waals surface area contributed by atoms with E-state index in [1.165, 1.54) is 6.21 Å². The number of rotatable bonds is 7. The molecule has 7 heteroatoms. The van der Waals surface area contributed by atoms with Crippen LogP contribution in [0.3, 0.4) is 0 Å². The Hall–Kier alpha value is -4.52. The first kappa shape index (κ1) is 20.7. The van der Waals surface area contributed by atoms with Crippen LogP contribution in [0, 0.1) is 5.41 Å². The SMILES string of the molecule is N=C/C(=C(\N)c1ccc(OCc2cc(C(N)=O)c3ccccc3n2)cc1)c1ccncc1. The Morgan fingerprint density at radius 3 is 2.38 bits per heavy atom. The second kappa shape index (κ2) is 9.09. The fourth-order valence-corrected chi connectivity index (χ4v) is 3.40. The van der Waals surface area contributed by atoms with Crippen molar-refractivity contribution in [2.75, 3.05) is 0 Å². The molecule has 4 rings (SSSR count). The monoisotopic (exact) mass is 423 g/mol. The van der Waals surface area contributed by atoms with Gasteiger partial charge in [0.15, 0.2) is 0 Å². The Labute approximate surface area is 184 Å². The van der Waals surface area contributed by atoms with Crippen molar-refractivity contribution >= 4 is 34.3 Å². The van der Waals surface area contributed by atoms with Gasteiger partial charge in [0.2, 0.25) is 5.91 Å². The second-order valence-electron chi connectivity index (χ2n) is 7.06. The molecule has 4 aromatic rings. The molecular weight excluding hydrogens is 402 g/mol. The minimum Gasteiger partial charge on any atom is -0.487 e. The second-order valence-corrected chi connectivity index (χ2v) is 7.06. The van der Waals surface area contributed by atoms with Gasteiger partial charge in [-0.2, -0.15) is 0 Å². The Kier molecular flexibility index (Phi) is 5.89. The van der Waals surface area contributed by atoms with Crippen LogP contribution < -0.4 is 16.2 Å². The first-order valence-corrected chi connectivity index (χ1v) is 9.89. The number of fused-ring (bicyclic) bond motifs is 1. The summed E-state index contributed by atoms with van der Waals surface area (Å²) < 4.78 is 5.86. The molecule has 5 N–H and O–H groups in total. The Morgan fingerprint density at radius 2 is 1.69 bits per heavy atom. The maximum atomic E-state index is 11.8. The number of aromatic nitrogens is 2. The first-order chi connectivity index (χ1) is 15.6. The standard InChI is InChI=1S/C25H21N5O2/c26-14-22(16-9-11-29-12-10-16)24(27)17-5-7-19(8-6-17)32-15-18-13-21(25(28)31)20-3-1-2-4-23(20)30-18/h1-14,26H,15,27H2,(H2,28,31)/b24-22+,26-14?. The topological polar surface area (TPSA) is 128 Å². The van der Waals surface area contributed by atoms with Gasteiger partial charge in [0.1, 0.15) is 12.4 Å². The maximum absolute atomic E-state index is 11.8. The summed E-state index contributed by atoms with van der Waals surface area (Å²) in [7, 11) is 0. The van der Waals surface area contributed by atoms with E-state index in [-0.39, 0.29) is 6.61 Å². The third-order valence-corrected chi connectivity index (χ3v) is 5.01. The zero-order valence-corrected chi connectivity index (χ0v) is 17.2. The molecule has 0 unspecified atom stereocenters. The molecule has 2 aromatic carbocycles. The third kappa shape index (κ3) is 4.32. The van der Waals surface area contributed by atoms with Crippen LogP contribution in [-0.2, 0) is 6.61 Å². The van der Waals surface area contributed by atoms with E-state index < -0.39 is 5.91 Å². The van der Waals surface area contributed by atoms with E-state index in [4.69, 9.17) is 21.6 Å². The molecule has 32 heavy (non-hydrogen) atoms. The van der Waals surface area contributed by atoms with Crippen molar-refractivity contribution < 1.29 is 9.53 Å². The van der Waals surface area contributed by atoms with E-state index in [9.17, 15) is 4.79 Å². The molecule has 0 aliphatic heterocycles. The number of nitrogens with two attached hydrogens (primary N) is 2. The van der Waals surface area contributed by atoms with Gasteiger partial charge in [-0.05, 0) is 59.7 Å². The molecule has 0 saturated carbocycles. The Balaban J connectivity index is 1.54. The average molecular weight is 423 g/mol. The van der Waals surface area contributed by atoms with Gasteiger partial charge in [-0.1, -0.05) is 18.2 Å². The van der Waals surface area contributed by atoms with Crippen LogP contribution in [0.1, 0.15) is 27.2 Å². The molecule has 0 bridgehead atoms. The first-order valence-electron chi connectivity index (χ1n) is 9.89. The molecule has 0 aliphatic carbocycles. The van der Waals surface area contributed by atoms with Crippen LogP contribution in [0.15, 0.2) is 79.1 Å². The van der Waals surface area contributed by atoms with E-state index in [1.54, 1.807) is 30.6 Å². The minimum absolute atomic E-state index is 0.179. The highest BCUT2D eigenvalue weighted by molar-refractivity contribution is 6.17. The van der Waals surface area contributed by atoms with Gasteiger partial charge < -0.3 is 21.6 Å². The number of hydrogen-bond donors (Lipinski definition) is 3. The van der Waals surface area contributed by atoms with Gasteiger partial charge in [-0.25, -0.2) is 4.98 Å². The van der Waals surface area contributed by atoms with Crippen LogP contribution in [0.2, 0.25) is 0 Å². The maximum Gasteiger partial charge on any atom is 0.249 e. The van der Waals surface area contributed by atoms with E-state index >= 15 is 0 Å². The molecule has 2 heterocycles. The van der Waals surface area contributed by atoms with Crippen molar-refractivity contribution in [3.63, 3.8) is 0 Å². The molecule has 0 fully saturated rings. The summed E-state index contributed by atoms with van der Waals surface area (Å²) in [6.07, 6.45) is 4.55. The van der Waals surface area contributed by atoms with Crippen LogP contribution in [0.5, 0.6) is 5.75 Å². The smallest absolute Gasteiger partial charge is 0.249 e. The summed E-state index contributed by atoms with van der Waals surface area (Å²) in [6, 6.07) is 19.9. The molecule has 0 saturated heterocycles. The van der Waals surface area contributed by atoms with Crippen LogP contribution in [0.4, 0.5) is 0 Å². The quantitative estimate of drug-likeness (QED) is 0.390. The van der Waals surface area contributed by atoms with Gasteiger partial charge >= 0.3 is 0 Å². The minimum atomic E-state index is -0.507. The fourth-order valence-electron chi connectivity index (χ4n) is 3.40. The van der Waals surface area contributed by atoms with E-state index in [0.29, 0.717) is 39.2 Å². The number of carbonyl (C=O) groups is 1. The van der Waals surface area contributed by atoms with Gasteiger partial charge in [0, 0.05) is 35.3 Å². The highest BCUT2D eigenvalue weighted by atomic mass is 16.5. The predicted molar refractivity (Wildman–Crippen MR) is 125 cm³/mol. The van der Waals surface area contributed by atoms with E-state index in [0.717, 1.165) is 11.1 Å². The van der Waals surface area contributed by atoms with Crippen LogP contribution in [-0.4, -0.2) is 22.1 Å². The summed E-state index contributed by atoms with van der Waals surface area (Å²) >= 11 is 0. The van der Waals surface area contributed by atoms with Crippen molar-refractivity contribution in [2.45, 2.75) is 6.61 Å². The van der Waals surface area contributed by atoms with Crippen molar-refractivity contribution in [1.29, 1.82) is 5.41 Å². The summed E-state index contributed by atoms with van der Waals surface area (Å²) in [5.41, 5.74) is 16.2. The third-order valence-electron chi connectivity index (χ3n) is 5.01. The zero-order chi connectivity index (χ0) is 22.5. The Bertz CT molecular complexity index is 1320. The number of carbonyl (C=O) groups excluding carboxylic acids is 1. The van der Waals surface area contributed by atoms with Crippen LogP contribution in [0.25, 0.3) is 22.2 Å². The summed E-state index contributed by atoms with van der Waals surface area (Å²) in [5, 5.41) is 8.45. The van der Waals surface area contributed by atoms with E-state index in [1.807, 2.05) is 48.5 Å². The molecule has 0 spiro atoms. The lowest BCUT2D eigenvalue weighted by atomic mass is 10.0. The van der Waals surface area contributed by atoms with Gasteiger partial charge in [0.25, 0.3) is 0 Å². The number of hydrogen-bond acceptors (Lipinski definition) is 6. The summed E-state index contributed by atoms with van der Waals surface area (Å²) in [6.45, 7) is 0.179. The fraction of sp³-hybridized carbons (Fsp3) is 0.0400. The lowest BCUT2D eigenvalue weighted by Crippen LogP contribution is -2.13. The lowest BCUT2D eigenvalue weighted by molar-refractivity contribution is 0.100. The summed E-state index contributed by atoms with van der Waals surface area (Å²) in [5.74, 6) is 0.116. The van der Waals surface area contributed by atoms with Gasteiger partial charge in [0.05, 0.1) is 16.8 Å². The molecule has 158 valence electrons. The van der Waals surface area contributed by atoms with Crippen molar-refractivity contribution in [3.8, 4) is 5.75 Å². The highest BCUT2D eigenvalue weighted by Crippen LogP contribution is 2.24. The molecule has 2 aromatic heterocycles. The number of nitrogens with zero attached hydrogens (tertiary/aromatic N) is 2. The van der Waals surface area contributed by atoms with Crippen molar-refractivity contribution in [3.05, 3.63) is 102 Å². The molecule has 0 aliphatic rings. The lowest BCUT2D eigenvalue weighted by Gasteiger charge is -2.11. The largest absolute Gasteiger partial charge is 0.487 e. The molecule has 1 amide bonds. The number of para-hydroxylation sites is 1. The number of benzene rings is 2. The number of pyridine rings is 2. The van der Waals surface area contributed by atoms with Gasteiger partial charge in [-0.15, -0.1) is 0 Å². The van der Waals surface area contributed by atoms with Crippen molar-refractivity contribution in [2.24, 2.45) is 11.5 Å². The normalized spacial score (nSPS) is 11.6. The van der Waals surface area contributed by atoms with E-state index in [2.05, 4.69) is 9.97 Å². The number of allylic oxidation sites excluding steroid dienone is 1.